The summed E-state index contributed by atoms with van der Waals surface area (Å²) in [6.07, 6.45) is 5.36. The van der Waals surface area contributed by atoms with Gasteiger partial charge in [0.05, 0.1) is 0 Å². The van der Waals surface area contributed by atoms with Gasteiger partial charge in [0.2, 0.25) is 0 Å². The van der Waals surface area contributed by atoms with Crippen molar-refractivity contribution >= 4 is 0 Å². The van der Waals surface area contributed by atoms with Crippen LogP contribution in [0.5, 0.6) is 0 Å². The first-order valence-corrected chi connectivity index (χ1v) is 6.63. The highest BCUT2D eigenvalue weighted by Gasteiger charge is 2.31. The highest BCUT2D eigenvalue weighted by atomic mass is 19.1. The lowest BCUT2D eigenvalue weighted by molar-refractivity contribution is 0.107. The van der Waals surface area contributed by atoms with Crippen LogP contribution >= 0.6 is 0 Å². The number of halogens is 1. The Morgan fingerprint density at radius 1 is 1.18 bits per heavy atom. The zero-order valence-corrected chi connectivity index (χ0v) is 10.6. The summed E-state index contributed by atoms with van der Waals surface area (Å²) in [5, 5.41) is 3.13. The van der Waals surface area contributed by atoms with Crippen LogP contribution in [0.1, 0.15) is 43.2 Å². The molecule has 0 amide bonds. The Balaban J connectivity index is 2.04. The fraction of sp³-hybridized carbons (Fsp3) is 0.600. The van der Waals surface area contributed by atoms with E-state index >= 15 is 0 Å². The van der Waals surface area contributed by atoms with Crippen LogP contribution in [0.3, 0.4) is 0 Å². The van der Waals surface area contributed by atoms with Gasteiger partial charge in [-0.05, 0) is 31.0 Å². The standard InChI is InChI=1S/C15H22FN/c1-17-12-14-7-5-6-13(10-14)11-15(16)8-3-2-4-9-15/h5-7,10,17H,2-4,8-9,11-12H2,1H3. The molecule has 1 aromatic rings. The minimum atomic E-state index is -0.948. The van der Waals surface area contributed by atoms with Crippen molar-refractivity contribution in [2.45, 2.75) is 50.7 Å². The average molecular weight is 235 g/mol. The summed E-state index contributed by atoms with van der Waals surface area (Å²) in [5.74, 6) is 0. The average Bonchev–Trinajstić information content (AvgIpc) is 2.30. The molecule has 0 aromatic heterocycles. The van der Waals surface area contributed by atoms with Gasteiger partial charge in [0.1, 0.15) is 5.67 Å². The molecule has 2 rings (SSSR count). The van der Waals surface area contributed by atoms with Gasteiger partial charge in [-0.25, -0.2) is 4.39 Å². The quantitative estimate of drug-likeness (QED) is 0.840. The molecule has 1 saturated carbocycles. The minimum absolute atomic E-state index is 0.588. The number of hydrogen-bond donors (Lipinski definition) is 1. The molecular weight excluding hydrogens is 213 g/mol. The maximum atomic E-state index is 14.6. The summed E-state index contributed by atoms with van der Waals surface area (Å²) in [6.45, 7) is 0.854. The van der Waals surface area contributed by atoms with Crippen molar-refractivity contribution in [2.75, 3.05) is 7.05 Å². The van der Waals surface area contributed by atoms with Crippen molar-refractivity contribution < 1.29 is 4.39 Å². The Hall–Kier alpha value is -0.890. The van der Waals surface area contributed by atoms with Gasteiger partial charge in [-0.15, -0.1) is 0 Å². The molecule has 0 unspecified atom stereocenters. The van der Waals surface area contributed by atoms with Crippen LogP contribution in [0, 0.1) is 0 Å². The minimum Gasteiger partial charge on any atom is -0.316 e. The van der Waals surface area contributed by atoms with Gasteiger partial charge in [0.15, 0.2) is 0 Å². The molecule has 17 heavy (non-hydrogen) atoms. The molecule has 94 valence electrons. The van der Waals surface area contributed by atoms with Crippen molar-refractivity contribution in [3.05, 3.63) is 35.4 Å². The maximum Gasteiger partial charge on any atom is 0.115 e. The largest absolute Gasteiger partial charge is 0.316 e. The number of hydrogen-bond acceptors (Lipinski definition) is 1. The lowest BCUT2D eigenvalue weighted by Crippen LogP contribution is -2.28. The molecule has 1 nitrogen and oxygen atoms in total. The van der Waals surface area contributed by atoms with Gasteiger partial charge < -0.3 is 5.32 Å². The van der Waals surface area contributed by atoms with E-state index in [1.807, 2.05) is 13.1 Å². The molecule has 0 spiro atoms. The lowest BCUT2D eigenvalue weighted by atomic mass is 9.82. The fourth-order valence-electron chi connectivity index (χ4n) is 2.78. The SMILES string of the molecule is CNCc1cccc(CC2(F)CCCCC2)c1. The second-order valence-corrected chi connectivity index (χ2v) is 5.24. The van der Waals surface area contributed by atoms with E-state index in [1.54, 1.807) is 0 Å². The topological polar surface area (TPSA) is 12.0 Å². The van der Waals surface area contributed by atoms with E-state index in [0.717, 1.165) is 37.8 Å². The third kappa shape index (κ3) is 3.53. The van der Waals surface area contributed by atoms with Crippen LogP contribution in [0.2, 0.25) is 0 Å². The van der Waals surface area contributed by atoms with E-state index < -0.39 is 5.67 Å². The Morgan fingerprint density at radius 2 is 1.88 bits per heavy atom. The third-order valence-electron chi connectivity index (χ3n) is 3.64. The summed E-state index contributed by atoms with van der Waals surface area (Å²) in [6, 6.07) is 8.31. The molecule has 0 atom stereocenters. The molecule has 0 heterocycles. The number of benzene rings is 1. The van der Waals surface area contributed by atoms with Crippen molar-refractivity contribution in [1.29, 1.82) is 0 Å². The van der Waals surface area contributed by atoms with E-state index in [1.165, 1.54) is 12.0 Å². The Morgan fingerprint density at radius 3 is 2.59 bits per heavy atom. The smallest absolute Gasteiger partial charge is 0.115 e. The Bertz CT molecular complexity index is 356. The summed E-state index contributed by atoms with van der Waals surface area (Å²) >= 11 is 0. The highest BCUT2D eigenvalue weighted by molar-refractivity contribution is 5.25. The molecule has 0 saturated heterocycles. The van der Waals surface area contributed by atoms with Crippen LogP contribution in [0.25, 0.3) is 0 Å². The molecule has 1 N–H and O–H groups in total. The fourth-order valence-corrected chi connectivity index (χ4v) is 2.78. The molecule has 1 aliphatic rings. The van der Waals surface area contributed by atoms with Crippen molar-refractivity contribution in [2.24, 2.45) is 0 Å². The first-order valence-electron chi connectivity index (χ1n) is 6.63. The van der Waals surface area contributed by atoms with Crippen molar-refractivity contribution in [1.82, 2.24) is 5.32 Å². The van der Waals surface area contributed by atoms with E-state index in [0.29, 0.717) is 6.42 Å². The second kappa shape index (κ2) is 5.63. The molecular formula is C15H22FN. The second-order valence-electron chi connectivity index (χ2n) is 5.24. The normalized spacial score (nSPS) is 19.2. The molecule has 0 bridgehead atoms. The Kier molecular flexibility index (Phi) is 4.16. The van der Waals surface area contributed by atoms with Crippen molar-refractivity contribution in [3.8, 4) is 0 Å². The molecule has 2 heteroatoms. The van der Waals surface area contributed by atoms with Crippen LogP contribution in [-0.4, -0.2) is 12.7 Å². The predicted octanol–water partition coefficient (Wildman–Crippen LogP) is 3.62. The monoisotopic (exact) mass is 235 g/mol. The Labute approximate surface area is 103 Å². The van der Waals surface area contributed by atoms with E-state index in [9.17, 15) is 4.39 Å². The van der Waals surface area contributed by atoms with E-state index in [4.69, 9.17) is 0 Å². The van der Waals surface area contributed by atoms with Crippen molar-refractivity contribution in [3.63, 3.8) is 0 Å². The summed E-state index contributed by atoms with van der Waals surface area (Å²) in [7, 11) is 1.93. The number of nitrogens with one attached hydrogen (secondary N) is 1. The molecule has 1 aliphatic carbocycles. The van der Waals surface area contributed by atoms with Gasteiger partial charge in [0, 0.05) is 13.0 Å². The van der Waals surface area contributed by atoms with Crippen LogP contribution in [0.15, 0.2) is 24.3 Å². The van der Waals surface area contributed by atoms with Gasteiger partial charge >= 0.3 is 0 Å². The lowest BCUT2D eigenvalue weighted by Gasteiger charge is -2.29. The van der Waals surface area contributed by atoms with Gasteiger partial charge in [-0.3, -0.25) is 0 Å². The summed E-state index contributed by atoms with van der Waals surface area (Å²) in [5.41, 5.74) is 1.43. The third-order valence-corrected chi connectivity index (χ3v) is 3.64. The first kappa shape index (κ1) is 12.6. The van der Waals surface area contributed by atoms with Gasteiger partial charge in [-0.1, -0.05) is 43.5 Å². The molecule has 1 fully saturated rings. The predicted molar refractivity (Wildman–Crippen MR) is 69.8 cm³/mol. The summed E-state index contributed by atoms with van der Waals surface area (Å²) in [4.78, 5) is 0. The number of rotatable bonds is 4. The maximum absolute atomic E-state index is 14.6. The van der Waals surface area contributed by atoms with Crippen LogP contribution in [0.4, 0.5) is 4.39 Å². The van der Waals surface area contributed by atoms with Crippen LogP contribution < -0.4 is 5.32 Å². The molecule has 1 aromatic carbocycles. The highest BCUT2D eigenvalue weighted by Crippen LogP contribution is 2.34. The molecule has 0 aliphatic heterocycles. The van der Waals surface area contributed by atoms with E-state index in [2.05, 4.69) is 23.5 Å². The van der Waals surface area contributed by atoms with Gasteiger partial charge in [0.25, 0.3) is 0 Å². The zero-order chi connectivity index (χ0) is 12.1. The van der Waals surface area contributed by atoms with E-state index in [-0.39, 0.29) is 0 Å². The zero-order valence-electron chi connectivity index (χ0n) is 10.6. The first-order chi connectivity index (χ1) is 8.22. The molecule has 0 radical (unpaired) electrons. The summed E-state index contributed by atoms with van der Waals surface area (Å²) < 4.78 is 14.6. The van der Waals surface area contributed by atoms with Crippen LogP contribution in [-0.2, 0) is 13.0 Å². The number of alkyl halides is 1. The van der Waals surface area contributed by atoms with Gasteiger partial charge in [-0.2, -0.15) is 0 Å².